The molecule has 0 atom stereocenters. The van der Waals surface area contributed by atoms with Gasteiger partial charge in [-0.2, -0.15) is 4.98 Å². The number of carbonyl (C=O) groups excluding carboxylic acids is 2. The van der Waals surface area contributed by atoms with Gasteiger partial charge in [0.05, 0.1) is 10.9 Å². The molecule has 1 aliphatic heterocycles. The van der Waals surface area contributed by atoms with E-state index in [1.807, 2.05) is 16.7 Å². The fourth-order valence-electron chi connectivity index (χ4n) is 3.46. The van der Waals surface area contributed by atoms with Crippen LogP contribution >= 0.6 is 22.9 Å². The lowest BCUT2D eigenvalue weighted by Gasteiger charge is -2.28. The largest absolute Gasteiger partial charge is 0.333 e. The molecule has 1 aliphatic rings. The Balaban J connectivity index is 1.60. The first-order chi connectivity index (χ1) is 14.3. The Labute approximate surface area is 180 Å². The third kappa shape index (κ3) is 3.86. The fourth-order valence-corrected chi connectivity index (χ4v) is 4.36. The molecule has 0 spiro atoms. The Morgan fingerprint density at radius 3 is 2.77 bits per heavy atom. The molecule has 0 radical (unpaired) electrons. The van der Waals surface area contributed by atoms with Gasteiger partial charge in [-0.05, 0) is 31.2 Å². The monoisotopic (exact) mass is 443 g/mol. The number of hydrogen-bond acceptors (Lipinski definition) is 6. The maximum absolute atomic E-state index is 12.8. The molecule has 2 aromatic heterocycles. The number of nitrogens with one attached hydrogen (secondary N) is 1. The second kappa shape index (κ2) is 8.00. The maximum atomic E-state index is 12.8. The quantitative estimate of drug-likeness (QED) is 0.670. The fraction of sp³-hybridized carbons (Fsp3) is 0.250. The highest BCUT2D eigenvalue weighted by Crippen LogP contribution is 2.25. The molecule has 4 rings (SSSR count). The Hall–Kier alpha value is -3.04. The Kier molecular flexibility index (Phi) is 5.40. The van der Waals surface area contributed by atoms with Gasteiger partial charge < -0.3 is 14.8 Å². The number of thiazole rings is 1. The van der Waals surface area contributed by atoms with Crippen LogP contribution in [0.1, 0.15) is 29.7 Å². The number of carbonyl (C=O) groups is 2. The van der Waals surface area contributed by atoms with E-state index in [0.29, 0.717) is 46.6 Å². The van der Waals surface area contributed by atoms with Gasteiger partial charge in [0.25, 0.3) is 11.5 Å². The van der Waals surface area contributed by atoms with Crippen molar-refractivity contribution in [3.05, 3.63) is 56.5 Å². The zero-order valence-corrected chi connectivity index (χ0v) is 17.9. The van der Waals surface area contributed by atoms with Crippen LogP contribution in [0.3, 0.4) is 0 Å². The van der Waals surface area contributed by atoms with Crippen LogP contribution in [0.25, 0.3) is 16.6 Å². The minimum Gasteiger partial charge on any atom is -0.333 e. The van der Waals surface area contributed by atoms with Crippen LogP contribution in [-0.2, 0) is 4.79 Å². The Morgan fingerprint density at radius 2 is 2.07 bits per heavy atom. The van der Waals surface area contributed by atoms with Gasteiger partial charge in [-0.25, -0.2) is 4.98 Å². The lowest BCUT2D eigenvalue weighted by Crippen LogP contribution is -2.35. The average molecular weight is 444 g/mol. The topological polar surface area (TPSA) is 97.2 Å². The highest BCUT2D eigenvalue weighted by atomic mass is 35.5. The summed E-state index contributed by atoms with van der Waals surface area (Å²) in [4.78, 5) is 46.2. The first kappa shape index (κ1) is 20.2. The summed E-state index contributed by atoms with van der Waals surface area (Å²) in [5, 5.41) is 5.56. The van der Waals surface area contributed by atoms with Crippen molar-refractivity contribution in [1.82, 2.24) is 19.4 Å². The number of anilines is 1. The number of halogens is 1. The molecule has 30 heavy (non-hydrogen) atoms. The molecule has 0 saturated heterocycles. The van der Waals surface area contributed by atoms with Gasteiger partial charge in [0.15, 0.2) is 5.13 Å². The SMILES string of the molecule is CC(=O)Nc1nc(C(=O)N2CC=C(n3c(C)nc(=O)c4cc(Cl)ccc43)CC2)cs1. The van der Waals surface area contributed by atoms with Crippen LogP contribution in [-0.4, -0.2) is 44.3 Å². The highest BCUT2D eigenvalue weighted by Gasteiger charge is 2.23. The standard InChI is InChI=1S/C20H18ClN5O3S/c1-11-22-18(28)15-9-13(21)3-4-17(15)26(11)14-5-7-25(8-6-14)19(29)16-10-30-20(24-16)23-12(2)27/h3-5,9-10H,6-8H2,1-2H3,(H,23,24,27). The van der Waals surface area contributed by atoms with Crippen LogP contribution in [0.4, 0.5) is 5.13 Å². The minimum absolute atomic E-state index is 0.190. The minimum atomic E-state index is -0.312. The van der Waals surface area contributed by atoms with E-state index >= 15 is 0 Å². The molecule has 1 N–H and O–H groups in total. The van der Waals surface area contributed by atoms with Gasteiger partial charge in [0.2, 0.25) is 5.91 Å². The van der Waals surface area contributed by atoms with E-state index in [2.05, 4.69) is 15.3 Å². The van der Waals surface area contributed by atoms with Gasteiger partial charge in [-0.1, -0.05) is 11.6 Å². The smallest absolute Gasteiger partial charge is 0.280 e. The summed E-state index contributed by atoms with van der Waals surface area (Å²) < 4.78 is 1.94. The van der Waals surface area contributed by atoms with Gasteiger partial charge >= 0.3 is 0 Å². The summed E-state index contributed by atoms with van der Waals surface area (Å²) in [6, 6.07) is 5.18. The number of aromatic nitrogens is 3. The number of amides is 2. The summed E-state index contributed by atoms with van der Waals surface area (Å²) in [6.07, 6.45) is 2.55. The lowest BCUT2D eigenvalue weighted by atomic mass is 10.1. The van der Waals surface area contributed by atoms with Crippen LogP contribution < -0.4 is 10.9 Å². The second-order valence-electron chi connectivity index (χ2n) is 6.88. The van der Waals surface area contributed by atoms with Crippen LogP contribution in [0.5, 0.6) is 0 Å². The van der Waals surface area contributed by atoms with Crippen molar-refractivity contribution in [2.45, 2.75) is 20.3 Å². The zero-order valence-electron chi connectivity index (χ0n) is 16.3. The first-order valence-electron chi connectivity index (χ1n) is 9.24. The summed E-state index contributed by atoms with van der Waals surface area (Å²) in [5.74, 6) is 0.164. The molecule has 0 bridgehead atoms. The van der Waals surface area contributed by atoms with E-state index in [4.69, 9.17) is 11.6 Å². The van der Waals surface area contributed by atoms with E-state index in [9.17, 15) is 14.4 Å². The summed E-state index contributed by atoms with van der Waals surface area (Å²) in [5.41, 5.74) is 1.70. The predicted molar refractivity (Wildman–Crippen MR) is 117 cm³/mol. The Bertz CT molecular complexity index is 1260. The lowest BCUT2D eigenvalue weighted by molar-refractivity contribution is -0.114. The molecule has 0 aliphatic carbocycles. The number of hydrogen-bond donors (Lipinski definition) is 1. The molecular formula is C20H18ClN5O3S. The first-order valence-corrected chi connectivity index (χ1v) is 10.5. The van der Waals surface area contributed by atoms with Crippen molar-refractivity contribution in [2.24, 2.45) is 0 Å². The highest BCUT2D eigenvalue weighted by molar-refractivity contribution is 7.14. The van der Waals surface area contributed by atoms with Gasteiger partial charge in [-0.3, -0.25) is 14.4 Å². The van der Waals surface area contributed by atoms with Gasteiger partial charge in [0.1, 0.15) is 11.5 Å². The van der Waals surface area contributed by atoms with Crippen molar-refractivity contribution in [3.63, 3.8) is 0 Å². The molecule has 3 heterocycles. The average Bonchev–Trinajstić information content (AvgIpc) is 3.16. The van der Waals surface area contributed by atoms with E-state index in [-0.39, 0.29) is 17.4 Å². The number of rotatable bonds is 3. The van der Waals surface area contributed by atoms with E-state index < -0.39 is 0 Å². The summed E-state index contributed by atoms with van der Waals surface area (Å²) in [7, 11) is 0. The van der Waals surface area contributed by atoms with Gasteiger partial charge in [-0.15, -0.1) is 11.3 Å². The number of aryl methyl sites for hydroxylation is 1. The van der Waals surface area contributed by atoms with Crippen molar-refractivity contribution in [3.8, 4) is 0 Å². The third-order valence-corrected chi connectivity index (χ3v) is 5.78. The Morgan fingerprint density at radius 1 is 1.27 bits per heavy atom. The van der Waals surface area contributed by atoms with E-state index in [1.54, 1.807) is 29.3 Å². The van der Waals surface area contributed by atoms with Crippen molar-refractivity contribution in [2.75, 3.05) is 18.4 Å². The second-order valence-corrected chi connectivity index (χ2v) is 8.17. The van der Waals surface area contributed by atoms with Gasteiger partial charge in [0, 0.05) is 42.5 Å². The molecular weight excluding hydrogens is 426 g/mol. The van der Waals surface area contributed by atoms with Crippen molar-refractivity contribution in [1.29, 1.82) is 0 Å². The van der Waals surface area contributed by atoms with E-state index in [0.717, 1.165) is 11.2 Å². The predicted octanol–water partition coefficient (Wildman–Crippen LogP) is 3.16. The molecule has 1 aromatic carbocycles. The zero-order chi connectivity index (χ0) is 21.4. The normalized spacial score (nSPS) is 14.0. The molecule has 0 fully saturated rings. The molecule has 8 nitrogen and oxygen atoms in total. The van der Waals surface area contributed by atoms with E-state index in [1.165, 1.54) is 18.3 Å². The molecule has 0 saturated carbocycles. The number of fused-ring (bicyclic) bond motifs is 1. The summed E-state index contributed by atoms with van der Waals surface area (Å²) in [6.45, 7) is 4.08. The maximum Gasteiger partial charge on any atom is 0.280 e. The molecule has 3 aromatic rings. The molecule has 154 valence electrons. The third-order valence-electron chi connectivity index (χ3n) is 4.78. The summed E-state index contributed by atoms with van der Waals surface area (Å²) >= 11 is 7.26. The number of nitrogens with zero attached hydrogens (tertiary/aromatic N) is 4. The number of benzene rings is 1. The van der Waals surface area contributed by atoms with Crippen molar-refractivity contribution >= 4 is 56.5 Å². The molecule has 2 amide bonds. The molecule has 0 unspecified atom stereocenters. The van der Waals surface area contributed by atoms with Crippen LogP contribution in [0.2, 0.25) is 5.02 Å². The molecule has 10 heteroatoms. The van der Waals surface area contributed by atoms with Crippen LogP contribution in [0.15, 0.2) is 34.4 Å². The van der Waals surface area contributed by atoms with Crippen molar-refractivity contribution < 1.29 is 9.59 Å². The van der Waals surface area contributed by atoms with Crippen LogP contribution in [0, 0.1) is 6.92 Å².